The average Bonchev–Trinajstić information content (AvgIpc) is 3.04. The number of carbonyl (C=O) groups excluding carboxylic acids is 1. The van der Waals surface area contributed by atoms with Gasteiger partial charge in [0.1, 0.15) is 5.75 Å². The molecule has 3 rings (SSSR count). The lowest BCUT2D eigenvalue weighted by Gasteiger charge is -2.16. The van der Waals surface area contributed by atoms with Crippen LogP contribution < -0.4 is 14.8 Å². The first-order valence-electron chi connectivity index (χ1n) is 9.78. The maximum absolute atomic E-state index is 12.6. The molecule has 0 fully saturated rings. The van der Waals surface area contributed by atoms with Crippen LogP contribution in [0.3, 0.4) is 0 Å². The van der Waals surface area contributed by atoms with Crippen LogP contribution in [0.2, 0.25) is 5.02 Å². The molecule has 0 aliphatic carbocycles. The molecular weight excluding hydrogens is 454 g/mol. The van der Waals surface area contributed by atoms with E-state index in [0.29, 0.717) is 27.7 Å². The van der Waals surface area contributed by atoms with E-state index in [-0.39, 0.29) is 16.7 Å². The minimum absolute atomic E-state index is 0.0142. The Labute approximate surface area is 192 Å². The standard InChI is InChI=1S/C22H24ClN3O5S/c1-12-10-18(11-13(2)20(12)23)30-16(5)21(27)24-17-6-8-19(9-7-17)32(28,29)26-22-14(3)15(4)25-31-22/h6-11,16,26H,1-5H3,(H,24,27)/t16-/m0/s1. The first-order valence-corrected chi connectivity index (χ1v) is 11.6. The minimum Gasteiger partial charge on any atom is -0.481 e. The van der Waals surface area contributed by atoms with Gasteiger partial charge in [-0.3, -0.25) is 4.79 Å². The second kappa shape index (κ2) is 9.22. The van der Waals surface area contributed by atoms with E-state index in [1.807, 2.05) is 13.8 Å². The Morgan fingerprint density at radius 1 is 1.09 bits per heavy atom. The predicted molar refractivity (Wildman–Crippen MR) is 123 cm³/mol. The highest BCUT2D eigenvalue weighted by Gasteiger charge is 2.20. The molecule has 8 nitrogen and oxygen atoms in total. The summed E-state index contributed by atoms with van der Waals surface area (Å²) in [5.41, 5.74) is 3.35. The van der Waals surface area contributed by atoms with Gasteiger partial charge < -0.3 is 14.6 Å². The Balaban J connectivity index is 1.65. The van der Waals surface area contributed by atoms with E-state index in [4.69, 9.17) is 20.9 Å². The van der Waals surface area contributed by atoms with Gasteiger partial charge in [-0.25, -0.2) is 13.1 Å². The number of amides is 1. The second-order valence-corrected chi connectivity index (χ2v) is 9.53. The maximum atomic E-state index is 12.6. The lowest BCUT2D eigenvalue weighted by Crippen LogP contribution is -2.30. The van der Waals surface area contributed by atoms with Crippen LogP contribution in [0.25, 0.3) is 0 Å². The molecule has 0 saturated carbocycles. The van der Waals surface area contributed by atoms with E-state index < -0.39 is 16.1 Å². The second-order valence-electron chi connectivity index (χ2n) is 7.47. The lowest BCUT2D eigenvalue weighted by molar-refractivity contribution is -0.122. The summed E-state index contributed by atoms with van der Waals surface area (Å²) in [6.45, 7) is 8.77. The number of aryl methyl sites for hydroxylation is 3. The number of nitrogens with one attached hydrogen (secondary N) is 2. The minimum atomic E-state index is -3.87. The quantitative estimate of drug-likeness (QED) is 0.507. The fourth-order valence-corrected chi connectivity index (χ4v) is 4.04. The number of hydrogen-bond donors (Lipinski definition) is 2. The van der Waals surface area contributed by atoms with Crippen LogP contribution in [0.4, 0.5) is 11.6 Å². The number of rotatable bonds is 7. The van der Waals surface area contributed by atoms with Gasteiger partial charge in [-0.1, -0.05) is 16.8 Å². The Morgan fingerprint density at radius 3 is 2.22 bits per heavy atom. The highest BCUT2D eigenvalue weighted by molar-refractivity contribution is 7.92. The number of halogens is 1. The molecule has 1 atom stereocenters. The Bertz CT molecular complexity index is 1230. The van der Waals surface area contributed by atoms with Crippen LogP contribution in [-0.4, -0.2) is 25.6 Å². The summed E-state index contributed by atoms with van der Waals surface area (Å²) >= 11 is 6.16. The number of anilines is 2. The largest absolute Gasteiger partial charge is 0.481 e. The summed E-state index contributed by atoms with van der Waals surface area (Å²) in [6, 6.07) is 9.29. The van der Waals surface area contributed by atoms with E-state index in [9.17, 15) is 13.2 Å². The van der Waals surface area contributed by atoms with Crippen molar-refractivity contribution in [3.63, 3.8) is 0 Å². The number of sulfonamides is 1. The summed E-state index contributed by atoms with van der Waals surface area (Å²) in [5, 5.41) is 7.10. The van der Waals surface area contributed by atoms with Gasteiger partial charge in [-0.2, -0.15) is 0 Å². The average molecular weight is 478 g/mol. The molecule has 10 heteroatoms. The van der Waals surface area contributed by atoms with Crippen LogP contribution >= 0.6 is 11.6 Å². The summed E-state index contributed by atoms with van der Waals surface area (Å²) < 4.78 is 38.2. The fourth-order valence-electron chi connectivity index (χ4n) is 2.88. The number of aromatic nitrogens is 1. The molecule has 2 aromatic carbocycles. The molecule has 1 aromatic heterocycles. The first-order chi connectivity index (χ1) is 15.0. The van der Waals surface area contributed by atoms with Crippen LogP contribution in [0.5, 0.6) is 5.75 Å². The van der Waals surface area contributed by atoms with E-state index >= 15 is 0 Å². The van der Waals surface area contributed by atoms with Crippen LogP contribution in [0.1, 0.15) is 29.3 Å². The summed E-state index contributed by atoms with van der Waals surface area (Å²) in [5.74, 6) is 0.229. The molecule has 0 radical (unpaired) electrons. The smallest absolute Gasteiger partial charge is 0.265 e. The summed E-state index contributed by atoms with van der Waals surface area (Å²) in [4.78, 5) is 12.5. The maximum Gasteiger partial charge on any atom is 0.265 e. The zero-order valence-electron chi connectivity index (χ0n) is 18.3. The van der Waals surface area contributed by atoms with Gasteiger partial charge in [0.25, 0.3) is 15.9 Å². The highest BCUT2D eigenvalue weighted by atomic mass is 35.5. The molecule has 0 spiro atoms. The molecule has 170 valence electrons. The van der Waals surface area contributed by atoms with Gasteiger partial charge in [0.05, 0.1) is 10.6 Å². The molecule has 0 unspecified atom stereocenters. The third-order valence-electron chi connectivity index (χ3n) is 4.91. The lowest BCUT2D eigenvalue weighted by atomic mass is 10.1. The van der Waals surface area contributed by atoms with Crippen molar-refractivity contribution in [2.45, 2.75) is 45.6 Å². The number of benzene rings is 2. The molecule has 0 aliphatic rings. The topological polar surface area (TPSA) is 111 Å². The fraction of sp³-hybridized carbons (Fsp3) is 0.273. The number of hydrogen-bond acceptors (Lipinski definition) is 6. The summed E-state index contributed by atoms with van der Waals surface area (Å²) in [7, 11) is -3.87. The van der Waals surface area contributed by atoms with Gasteiger partial charge in [0.2, 0.25) is 5.88 Å². The molecule has 32 heavy (non-hydrogen) atoms. The van der Waals surface area contributed by atoms with Gasteiger partial charge in [0.15, 0.2) is 6.10 Å². The van der Waals surface area contributed by atoms with Crippen molar-refractivity contribution in [1.29, 1.82) is 0 Å². The first kappa shape index (κ1) is 23.6. The third kappa shape index (κ3) is 5.23. The number of carbonyl (C=O) groups is 1. The predicted octanol–water partition coefficient (Wildman–Crippen LogP) is 4.77. The monoisotopic (exact) mass is 477 g/mol. The van der Waals surface area contributed by atoms with E-state index in [1.54, 1.807) is 32.9 Å². The van der Waals surface area contributed by atoms with Gasteiger partial charge in [0, 0.05) is 16.3 Å². The van der Waals surface area contributed by atoms with Crippen molar-refractivity contribution in [2.24, 2.45) is 0 Å². The van der Waals surface area contributed by atoms with Crippen molar-refractivity contribution in [3.8, 4) is 5.75 Å². The van der Waals surface area contributed by atoms with Gasteiger partial charge in [-0.05, 0) is 82.1 Å². The van der Waals surface area contributed by atoms with Crippen molar-refractivity contribution in [1.82, 2.24) is 5.16 Å². The van der Waals surface area contributed by atoms with Crippen molar-refractivity contribution in [3.05, 3.63) is 63.8 Å². The SMILES string of the molecule is Cc1cc(O[C@@H](C)C(=O)Nc2ccc(S(=O)(=O)Nc3onc(C)c3C)cc2)cc(C)c1Cl. The molecule has 1 heterocycles. The molecular formula is C22H24ClN3O5S. The van der Waals surface area contributed by atoms with E-state index in [2.05, 4.69) is 15.2 Å². The molecule has 0 saturated heterocycles. The zero-order valence-corrected chi connectivity index (χ0v) is 19.9. The van der Waals surface area contributed by atoms with Crippen LogP contribution in [0, 0.1) is 27.7 Å². The van der Waals surface area contributed by atoms with Crippen LogP contribution in [-0.2, 0) is 14.8 Å². The highest BCUT2D eigenvalue weighted by Crippen LogP contribution is 2.27. The number of nitrogens with zero attached hydrogens (tertiary/aromatic N) is 1. The van der Waals surface area contributed by atoms with Gasteiger partial charge >= 0.3 is 0 Å². The molecule has 3 aromatic rings. The molecule has 0 aliphatic heterocycles. The third-order valence-corrected chi connectivity index (χ3v) is 6.85. The number of ether oxygens (including phenoxy) is 1. The Hall–Kier alpha value is -3.04. The van der Waals surface area contributed by atoms with E-state index in [0.717, 1.165) is 11.1 Å². The van der Waals surface area contributed by atoms with Crippen molar-refractivity contribution in [2.75, 3.05) is 10.0 Å². The van der Waals surface area contributed by atoms with Crippen LogP contribution in [0.15, 0.2) is 45.8 Å². The van der Waals surface area contributed by atoms with Crippen molar-refractivity contribution >= 4 is 39.1 Å². The van der Waals surface area contributed by atoms with Crippen molar-refractivity contribution < 1.29 is 22.5 Å². The van der Waals surface area contributed by atoms with E-state index in [1.165, 1.54) is 24.3 Å². The molecule has 1 amide bonds. The zero-order chi connectivity index (χ0) is 23.6. The Kier molecular flexibility index (Phi) is 6.80. The molecule has 0 bridgehead atoms. The van der Waals surface area contributed by atoms with Gasteiger partial charge in [-0.15, -0.1) is 0 Å². The molecule has 2 N–H and O–H groups in total. The normalized spacial score (nSPS) is 12.3. The Morgan fingerprint density at radius 2 is 1.69 bits per heavy atom. The summed E-state index contributed by atoms with van der Waals surface area (Å²) in [6.07, 6.45) is -0.780.